The highest BCUT2D eigenvalue weighted by Crippen LogP contribution is 2.11. The Labute approximate surface area is 94.5 Å². The number of benzene rings is 1. The number of aryl methyl sites for hydroxylation is 1. The summed E-state index contributed by atoms with van der Waals surface area (Å²) in [6, 6.07) is 7.88. The molecule has 1 N–H and O–H groups in total. The first-order valence-electron chi connectivity index (χ1n) is 5.40. The van der Waals surface area contributed by atoms with Crippen molar-refractivity contribution < 1.29 is 4.21 Å². The molecule has 0 amide bonds. The lowest BCUT2D eigenvalue weighted by Crippen LogP contribution is -2.21. The lowest BCUT2D eigenvalue weighted by molar-refractivity contribution is 0.669. The maximum absolute atomic E-state index is 11.9. The van der Waals surface area contributed by atoms with Gasteiger partial charge in [0.25, 0.3) is 0 Å². The van der Waals surface area contributed by atoms with E-state index in [0.29, 0.717) is 5.75 Å². The van der Waals surface area contributed by atoms with Crippen LogP contribution in [0.25, 0.3) is 0 Å². The summed E-state index contributed by atoms with van der Waals surface area (Å²) in [7, 11) is -0.861. The Kier molecular flexibility index (Phi) is 5.58. The first kappa shape index (κ1) is 12.4. The van der Waals surface area contributed by atoms with E-state index < -0.39 is 10.8 Å². The minimum absolute atomic E-state index is 0.699. The molecule has 0 saturated carbocycles. The highest BCUT2D eigenvalue weighted by atomic mass is 32.2. The van der Waals surface area contributed by atoms with E-state index in [1.54, 1.807) is 0 Å². The summed E-state index contributed by atoms with van der Waals surface area (Å²) in [5.74, 6) is 0.699. The molecular weight excluding hydrogens is 206 g/mol. The van der Waals surface area contributed by atoms with Gasteiger partial charge in [-0.2, -0.15) is 0 Å². The number of hydrogen-bond acceptors (Lipinski definition) is 2. The van der Waals surface area contributed by atoms with Crippen molar-refractivity contribution in [2.45, 2.75) is 25.2 Å². The molecule has 0 aliphatic carbocycles. The molecule has 3 heteroatoms. The summed E-state index contributed by atoms with van der Waals surface area (Å²) in [4.78, 5) is 0.968. The van der Waals surface area contributed by atoms with E-state index in [0.717, 1.165) is 30.0 Å². The fourth-order valence-corrected chi connectivity index (χ4v) is 2.60. The standard InChI is InChI=1S/C12H19NOS/c1-3-8-13-9-10-15(14)12-7-5-4-6-11(12)2/h4-7,13H,3,8-10H2,1-2H3. The first-order valence-corrected chi connectivity index (χ1v) is 6.72. The zero-order chi connectivity index (χ0) is 11.1. The molecule has 1 atom stereocenters. The summed E-state index contributed by atoms with van der Waals surface area (Å²) in [6.07, 6.45) is 1.12. The number of rotatable bonds is 6. The van der Waals surface area contributed by atoms with Gasteiger partial charge in [0, 0.05) is 17.2 Å². The van der Waals surface area contributed by atoms with E-state index in [4.69, 9.17) is 0 Å². The van der Waals surface area contributed by atoms with Crippen LogP contribution in [0.2, 0.25) is 0 Å². The van der Waals surface area contributed by atoms with E-state index in [1.807, 2.05) is 31.2 Å². The largest absolute Gasteiger partial charge is 0.316 e. The highest BCUT2D eigenvalue weighted by Gasteiger charge is 2.05. The second-order valence-corrected chi connectivity index (χ2v) is 5.10. The summed E-state index contributed by atoms with van der Waals surface area (Å²) >= 11 is 0. The molecule has 84 valence electrons. The van der Waals surface area contributed by atoms with Crippen molar-refractivity contribution in [1.29, 1.82) is 0 Å². The van der Waals surface area contributed by atoms with E-state index >= 15 is 0 Å². The highest BCUT2D eigenvalue weighted by molar-refractivity contribution is 7.85. The van der Waals surface area contributed by atoms with Crippen LogP contribution in [0.15, 0.2) is 29.2 Å². The van der Waals surface area contributed by atoms with Crippen LogP contribution < -0.4 is 5.32 Å². The predicted molar refractivity (Wildman–Crippen MR) is 65.6 cm³/mol. The quantitative estimate of drug-likeness (QED) is 0.751. The third-order valence-electron chi connectivity index (χ3n) is 2.23. The third kappa shape index (κ3) is 4.14. The van der Waals surface area contributed by atoms with Crippen LogP contribution in [-0.2, 0) is 10.8 Å². The van der Waals surface area contributed by atoms with Crippen LogP contribution in [0.4, 0.5) is 0 Å². The molecule has 1 unspecified atom stereocenters. The van der Waals surface area contributed by atoms with Gasteiger partial charge < -0.3 is 5.32 Å². The average molecular weight is 225 g/mol. The molecule has 1 rings (SSSR count). The van der Waals surface area contributed by atoms with Crippen LogP contribution >= 0.6 is 0 Å². The summed E-state index contributed by atoms with van der Waals surface area (Å²) in [5.41, 5.74) is 1.12. The lowest BCUT2D eigenvalue weighted by Gasteiger charge is -2.06. The zero-order valence-electron chi connectivity index (χ0n) is 9.45. The summed E-state index contributed by atoms with van der Waals surface area (Å²) in [6.45, 7) is 5.97. The molecule has 1 aromatic carbocycles. The fraction of sp³-hybridized carbons (Fsp3) is 0.500. The van der Waals surface area contributed by atoms with Crippen molar-refractivity contribution in [3.8, 4) is 0 Å². The van der Waals surface area contributed by atoms with E-state index in [1.165, 1.54) is 0 Å². The van der Waals surface area contributed by atoms with Crippen LogP contribution in [0.1, 0.15) is 18.9 Å². The molecule has 2 nitrogen and oxygen atoms in total. The zero-order valence-corrected chi connectivity index (χ0v) is 10.3. The molecule has 0 aliphatic heterocycles. The molecule has 0 fully saturated rings. The van der Waals surface area contributed by atoms with Crippen LogP contribution in [0.3, 0.4) is 0 Å². The van der Waals surface area contributed by atoms with Crippen molar-refractivity contribution in [2.24, 2.45) is 0 Å². The minimum atomic E-state index is -0.861. The van der Waals surface area contributed by atoms with Crippen LogP contribution in [0, 0.1) is 6.92 Å². The second-order valence-electron chi connectivity index (χ2n) is 3.57. The fourth-order valence-electron chi connectivity index (χ4n) is 1.39. The van der Waals surface area contributed by atoms with Crippen molar-refractivity contribution in [3.05, 3.63) is 29.8 Å². The molecule has 0 aliphatic rings. The maximum atomic E-state index is 11.9. The third-order valence-corrected chi connectivity index (χ3v) is 3.75. The van der Waals surface area contributed by atoms with Crippen LogP contribution in [-0.4, -0.2) is 23.1 Å². The summed E-state index contributed by atoms with van der Waals surface area (Å²) < 4.78 is 11.9. The maximum Gasteiger partial charge on any atom is 0.0545 e. The molecule has 0 aromatic heterocycles. The normalized spacial score (nSPS) is 12.7. The van der Waals surface area contributed by atoms with Gasteiger partial charge >= 0.3 is 0 Å². The van der Waals surface area contributed by atoms with Crippen molar-refractivity contribution in [3.63, 3.8) is 0 Å². The molecule has 0 spiro atoms. The van der Waals surface area contributed by atoms with Gasteiger partial charge in [0.1, 0.15) is 0 Å². The summed E-state index contributed by atoms with van der Waals surface area (Å²) in [5, 5.41) is 3.26. The van der Waals surface area contributed by atoms with Gasteiger partial charge in [0.15, 0.2) is 0 Å². The van der Waals surface area contributed by atoms with E-state index in [2.05, 4.69) is 12.2 Å². The van der Waals surface area contributed by atoms with Gasteiger partial charge in [0.2, 0.25) is 0 Å². The Morgan fingerprint density at radius 3 is 2.67 bits per heavy atom. The SMILES string of the molecule is CCCNCCS(=O)c1ccccc1C. The molecule has 0 heterocycles. The van der Waals surface area contributed by atoms with E-state index in [9.17, 15) is 4.21 Å². The lowest BCUT2D eigenvalue weighted by atomic mass is 10.2. The molecule has 15 heavy (non-hydrogen) atoms. The first-order chi connectivity index (χ1) is 7.25. The molecular formula is C12H19NOS. The minimum Gasteiger partial charge on any atom is -0.316 e. The van der Waals surface area contributed by atoms with Crippen molar-refractivity contribution >= 4 is 10.8 Å². The smallest absolute Gasteiger partial charge is 0.0545 e. The number of nitrogens with one attached hydrogen (secondary N) is 1. The van der Waals surface area contributed by atoms with Crippen LogP contribution in [0.5, 0.6) is 0 Å². The number of hydrogen-bond donors (Lipinski definition) is 1. The topological polar surface area (TPSA) is 29.1 Å². The second kappa shape index (κ2) is 6.75. The molecule has 0 saturated heterocycles. The Bertz CT molecular complexity index is 325. The van der Waals surface area contributed by atoms with Gasteiger partial charge in [-0.1, -0.05) is 25.1 Å². The van der Waals surface area contributed by atoms with Gasteiger partial charge in [0.05, 0.1) is 10.8 Å². The Morgan fingerprint density at radius 2 is 2.00 bits per heavy atom. The van der Waals surface area contributed by atoms with Gasteiger partial charge in [-0.05, 0) is 31.5 Å². The van der Waals surface area contributed by atoms with Crippen molar-refractivity contribution in [2.75, 3.05) is 18.8 Å². The Hall–Kier alpha value is -0.670. The molecule has 0 radical (unpaired) electrons. The molecule has 0 bridgehead atoms. The van der Waals surface area contributed by atoms with Crippen molar-refractivity contribution in [1.82, 2.24) is 5.32 Å². The van der Waals surface area contributed by atoms with Gasteiger partial charge in [-0.15, -0.1) is 0 Å². The van der Waals surface area contributed by atoms with Gasteiger partial charge in [-0.25, -0.2) is 0 Å². The predicted octanol–water partition coefficient (Wildman–Crippen LogP) is 2.10. The van der Waals surface area contributed by atoms with Gasteiger partial charge in [-0.3, -0.25) is 4.21 Å². The molecule has 1 aromatic rings. The Morgan fingerprint density at radius 1 is 1.27 bits per heavy atom. The Balaban J connectivity index is 2.44. The monoisotopic (exact) mass is 225 g/mol. The van der Waals surface area contributed by atoms with E-state index in [-0.39, 0.29) is 0 Å². The average Bonchev–Trinajstić information content (AvgIpc) is 2.25.